The van der Waals surface area contributed by atoms with Crippen LogP contribution in [0.5, 0.6) is 5.75 Å². The van der Waals surface area contributed by atoms with Crippen LogP contribution in [0, 0.1) is 30.2 Å². The van der Waals surface area contributed by atoms with E-state index in [1.807, 2.05) is 0 Å². The van der Waals surface area contributed by atoms with Gasteiger partial charge in [0.2, 0.25) is 0 Å². The Bertz CT molecular complexity index is 1610. The predicted octanol–water partition coefficient (Wildman–Crippen LogP) is 6.51. The number of thioether (sulfide) groups is 1. The minimum Gasteiger partial charge on any atom is -0.494 e. The van der Waals surface area contributed by atoms with Gasteiger partial charge < -0.3 is 4.74 Å². The highest BCUT2D eigenvalue weighted by atomic mass is 32.2. The Morgan fingerprint density at radius 1 is 0.974 bits per heavy atom. The van der Waals surface area contributed by atoms with Crippen LogP contribution in [0.2, 0.25) is 0 Å². The highest BCUT2D eigenvalue weighted by Crippen LogP contribution is 2.41. The van der Waals surface area contributed by atoms with E-state index in [1.54, 1.807) is 6.92 Å². The second-order valence-corrected chi connectivity index (χ2v) is 9.86. The van der Waals surface area contributed by atoms with Crippen molar-refractivity contribution in [1.82, 2.24) is 4.57 Å². The molecule has 1 aliphatic heterocycles. The van der Waals surface area contributed by atoms with Crippen LogP contribution in [-0.2, 0) is 6.42 Å². The molecule has 9 heteroatoms. The van der Waals surface area contributed by atoms with Crippen LogP contribution >= 0.6 is 11.8 Å². The normalized spacial score (nSPS) is 14.4. The van der Waals surface area contributed by atoms with E-state index < -0.39 is 40.7 Å². The van der Waals surface area contributed by atoms with Crippen molar-refractivity contribution < 1.29 is 27.1 Å². The summed E-state index contributed by atoms with van der Waals surface area (Å²) in [7, 11) is 1.30. The highest BCUT2D eigenvalue weighted by Gasteiger charge is 2.36. The van der Waals surface area contributed by atoms with Gasteiger partial charge in [-0.15, -0.1) is 11.8 Å². The molecular formula is C29H21F4NO3S. The number of aromatic nitrogens is 1. The molecule has 4 aromatic rings. The number of Topliss-reactive ketones (excluding diaryl/α,β-unsaturated/α-hetero) is 1. The SMILES string of the molecule is COc1cccc(-c2c(C)c(Cc3c(F)cccc3F)c3n(c2=O)C(C(=O)c2ccc(F)cc2)CS3)c1F. The third-order valence-electron chi connectivity index (χ3n) is 6.73. The van der Waals surface area contributed by atoms with E-state index in [2.05, 4.69) is 0 Å². The van der Waals surface area contributed by atoms with Crippen LogP contribution in [0.4, 0.5) is 17.6 Å². The fraction of sp³-hybridized carbons (Fsp3) is 0.172. The molecule has 0 saturated heterocycles. The summed E-state index contributed by atoms with van der Waals surface area (Å²) in [5.41, 5.74) is 0.0475. The Hall–Kier alpha value is -3.85. The number of nitrogens with zero attached hydrogens (tertiary/aromatic N) is 1. The Labute approximate surface area is 219 Å². The molecule has 1 aromatic heterocycles. The topological polar surface area (TPSA) is 48.3 Å². The first-order valence-electron chi connectivity index (χ1n) is 11.7. The molecule has 194 valence electrons. The molecule has 1 aliphatic rings. The number of halogens is 4. The highest BCUT2D eigenvalue weighted by molar-refractivity contribution is 7.99. The number of ether oxygens (including phenoxy) is 1. The van der Waals surface area contributed by atoms with Gasteiger partial charge in [-0.2, -0.15) is 0 Å². The number of fused-ring (bicyclic) bond motifs is 1. The zero-order valence-corrected chi connectivity index (χ0v) is 21.2. The minimum absolute atomic E-state index is 0.0312. The fourth-order valence-electron chi connectivity index (χ4n) is 4.77. The molecule has 1 unspecified atom stereocenters. The van der Waals surface area contributed by atoms with Gasteiger partial charge in [-0.3, -0.25) is 14.2 Å². The summed E-state index contributed by atoms with van der Waals surface area (Å²) in [5.74, 6) is -3.15. The van der Waals surface area contributed by atoms with E-state index in [0.29, 0.717) is 16.2 Å². The van der Waals surface area contributed by atoms with Crippen molar-refractivity contribution in [3.8, 4) is 16.9 Å². The zero-order chi connectivity index (χ0) is 27.1. The Morgan fingerprint density at radius 3 is 2.29 bits per heavy atom. The van der Waals surface area contributed by atoms with E-state index in [0.717, 1.165) is 24.3 Å². The van der Waals surface area contributed by atoms with Crippen molar-refractivity contribution in [3.63, 3.8) is 0 Å². The van der Waals surface area contributed by atoms with Crippen LogP contribution in [0.15, 0.2) is 70.5 Å². The second kappa shape index (κ2) is 10.1. The summed E-state index contributed by atoms with van der Waals surface area (Å²) in [6.45, 7) is 1.60. The molecule has 5 rings (SSSR count). The number of carbonyl (C=O) groups is 1. The smallest absolute Gasteiger partial charge is 0.260 e. The van der Waals surface area contributed by atoms with Gasteiger partial charge in [0.05, 0.1) is 17.7 Å². The monoisotopic (exact) mass is 539 g/mol. The lowest BCUT2D eigenvalue weighted by atomic mass is 9.93. The van der Waals surface area contributed by atoms with Gasteiger partial charge in [0.25, 0.3) is 5.56 Å². The van der Waals surface area contributed by atoms with Crippen molar-refractivity contribution in [2.45, 2.75) is 24.4 Å². The van der Waals surface area contributed by atoms with Crippen LogP contribution in [0.25, 0.3) is 11.1 Å². The van der Waals surface area contributed by atoms with E-state index in [1.165, 1.54) is 59.8 Å². The maximum atomic E-state index is 15.4. The van der Waals surface area contributed by atoms with Crippen molar-refractivity contribution in [2.75, 3.05) is 12.9 Å². The van der Waals surface area contributed by atoms with Crippen molar-refractivity contribution >= 4 is 17.5 Å². The second-order valence-electron chi connectivity index (χ2n) is 8.86. The first-order chi connectivity index (χ1) is 18.2. The van der Waals surface area contributed by atoms with Gasteiger partial charge in [-0.25, -0.2) is 17.6 Å². The number of rotatable bonds is 6. The Balaban J connectivity index is 1.77. The van der Waals surface area contributed by atoms with Gasteiger partial charge in [-0.05, 0) is 60.5 Å². The number of hydrogen-bond donors (Lipinski definition) is 0. The third-order valence-corrected chi connectivity index (χ3v) is 7.92. The van der Waals surface area contributed by atoms with E-state index >= 15 is 4.39 Å². The number of hydrogen-bond acceptors (Lipinski definition) is 4. The van der Waals surface area contributed by atoms with E-state index in [4.69, 9.17) is 4.74 Å². The standard InChI is InChI=1S/C29H21F4NO3S/c1-15-19(13-20-21(31)6-4-7-22(20)32)29-34(23(14-38-29)27(35)16-9-11-17(30)12-10-16)28(36)25(15)18-5-3-8-24(37-2)26(18)33/h3-12,23H,13-14H2,1-2H3. The molecule has 0 radical (unpaired) electrons. The molecule has 0 spiro atoms. The number of carbonyl (C=O) groups excluding carboxylic acids is 1. The maximum Gasteiger partial charge on any atom is 0.260 e. The van der Waals surface area contributed by atoms with Crippen molar-refractivity contribution in [1.29, 1.82) is 0 Å². The molecule has 3 aromatic carbocycles. The first-order valence-corrected chi connectivity index (χ1v) is 12.7. The third kappa shape index (κ3) is 4.30. The molecule has 0 saturated carbocycles. The molecule has 4 nitrogen and oxygen atoms in total. The summed E-state index contributed by atoms with van der Waals surface area (Å²) >= 11 is 1.21. The maximum absolute atomic E-state index is 15.4. The Kier molecular flexibility index (Phi) is 6.88. The largest absolute Gasteiger partial charge is 0.494 e. The molecule has 0 amide bonds. The summed E-state index contributed by atoms with van der Waals surface area (Å²) in [5, 5.41) is 0.377. The predicted molar refractivity (Wildman–Crippen MR) is 137 cm³/mol. The van der Waals surface area contributed by atoms with Gasteiger partial charge in [0.15, 0.2) is 17.3 Å². The van der Waals surface area contributed by atoms with Gasteiger partial charge in [-0.1, -0.05) is 18.2 Å². The summed E-state index contributed by atoms with van der Waals surface area (Å²) in [6, 6.07) is 11.9. The fourth-order valence-corrected chi connectivity index (χ4v) is 6.13. The van der Waals surface area contributed by atoms with E-state index in [-0.39, 0.29) is 40.2 Å². The molecule has 0 fully saturated rings. The van der Waals surface area contributed by atoms with Crippen LogP contribution in [-0.4, -0.2) is 23.2 Å². The quantitative estimate of drug-likeness (QED) is 0.207. The van der Waals surface area contributed by atoms with Crippen LogP contribution < -0.4 is 10.3 Å². The molecule has 0 bridgehead atoms. The molecule has 2 heterocycles. The summed E-state index contributed by atoms with van der Waals surface area (Å²) in [6.07, 6.45) is -0.219. The lowest BCUT2D eigenvalue weighted by Crippen LogP contribution is -2.31. The zero-order valence-electron chi connectivity index (χ0n) is 20.4. The van der Waals surface area contributed by atoms with Crippen LogP contribution in [0.3, 0.4) is 0 Å². The number of pyridine rings is 1. The molecule has 0 aliphatic carbocycles. The molecule has 1 atom stereocenters. The lowest BCUT2D eigenvalue weighted by molar-refractivity contribution is 0.0934. The summed E-state index contributed by atoms with van der Waals surface area (Å²) < 4.78 is 64.6. The molecule has 0 N–H and O–H groups in total. The number of ketones is 1. The van der Waals surface area contributed by atoms with Gasteiger partial charge in [0.1, 0.15) is 23.5 Å². The van der Waals surface area contributed by atoms with Crippen LogP contribution in [0.1, 0.15) is 33.1 Å². The average molecular weight is 540 g/mol. The average Bonchev–Trinajstić information content (AvgIpc) is 3.34. The number of benzene rings is 3. The molecule has 38 heavy (non-hydrogen) atoms. The van der Waals surface area contributed by atoms with Gasteiger partial charge >= 0.3 is 0 Å². The first kappa shape index (κ1) is 25.8. The van der Waals surface area contributed by atoms with Gasteiger partial charge in [0, 0.05) is 28.9 Å². The summed E-state index contributed by atoms with van der Waals surface area (Å²) in [4.78, 5) is 27.4. The Morgan fingerprint density at radius 2 is 1.63 bits per heavy atom. The molecular weight excluding hydrogens is 518 g/mol. The number of methoxy groups -OCH3 is 1. The van der Waals surface area contributed by atoms with Crippen molar-refractivity contribution in [2.24, 2.45) is 0 Å². The van der Waals surface area contributed by atoms with E-state index in [9.17, 15) is 22.8 Å². The van der Waals surface area contributed by atoms with Crippen molar-refractivity contribution in [3.05, 3.63) is 117 Å². The minimum atomic E-state index is -0.981. The lowest BCUT2D eigenvalue weighted by Gasteiger charge is -2.21.